The van der Waals surface area contributed by atoms with Gasteiger partial charge in [0.05, 0.1) is 18.9 Å². The summed E-state index contributed by atoms with van der Waals surface area (Å²) in [5.41, 5.74) is 5.83. The molecule has 6 heteroatoms. The van der Waals surface area contributed by atoms with Crippen LogP contribution < -0.4 is 10.5 Å². The molecule has 2 rings (SSSR count). The molecule has 1 aromatic carbocycles. The molecule has 0 atom stereocenters. The first-order valence-corrected chi connectivity index (χ1v) is 6.10. The lowest BCUT2D eigenvalue weighted by molar-refractivity contribution is 0.413. The van der Waals surface area contributed by atoms with Crippen LogP contribution in [0.5, 0.6) is 5.75 Å². The third-order valence-electron chi connectivity index (χ3n) is 2.17. The van der Waals surface area contributed by atoms with Gasteiger partial charge in [0.1, 0.15) is 5.82 Å². The van der Waals surface area contributed by atoms with E-state index in [1.54, 1.807) is 6.08 Å². The Balaban J connectivity index is 0.000000612. The summed E-state index contributed by atoms with van der Waals surface area (Å²) in [6, 6.07) is 4.15. The summed E-state index contributed by atoms with van der Waals surface area (Å²) in [5, 5.41) is 0.402. The first-order valence-electron chi connectivity index (χ1n) is 5.72. The predicted molar refractivity (Wildman–Crippen MR) is 79.3 cm³/mol. The highest BCUT2D eigenvalue weighted by Crippen LogP contribution is 2.26. The average molecular weight is 296 g/mol. The van der Waals surface area contributed by atoms with Crippen LogP contribution in [0, 0.1) is 5.82 Å². The Kier molecular flexibility index (Phi) is 5.93. The molecule has 0 fully saturated rings. The second-order valence-corrected chi connectivity index (χ2v) is 4.12. The number of allylic oxidation sites excluding steroid dienone is 1. The summed E-state index contributed by atoms with van der Waals surface area (Å²) in [6.45, 7) is 5.25. The van der Waals surface area contributed by atoms with Crippen LogP contribution in [0.2, 0.25) is 5.02 Å². The maximum absolute atomic E-state index is 13.6. The molecule has 1 aromatic heterocycles. The van der Waals surface area contributed by atoms with E-state index in [0.29, 0.717) is 10.8 Å². The van der Waals surface area contributed by atoms with Crippen LogP contribution in [0.15, 0.2) is 37.1 Å². The largest absolute Gasteiger partial charge is 0.491 e. The molecule has 0 saturated carbocycles. The third kappa shape index (κ3) is 3.93. The highest BCUT2D eigenvalue weighted by atomic mass is 35.5. The highest BCUT2D eigenvalue weighted by Gasteiger charge is 2.11. The number of hydrogen-bond donors (Lipinski definition) is 1. The summed E-state index contributed by atoms with van der Waals surface area (Å²) in [7, 11) is 1.45. The van der Waals surface area contributed by atoms with Crippen molar-refractivity contribution in [1.29, 1.82) is 0 Å². The molecule has 2 aromatic rings. The van der Waals surface area contributed by atoms with Gasteiger partial charge >= 0.3 is 0 Å². The van der Waals surface area contributed by atoms with E-state index in [-0.39, 0.29) is 17.2 Å². The van der Waals surface area contributed by atoms with Gasteiger partial charge in [-0.15, -0.1) is 6.58 Å². The first-order chi connectivity index (χ1) is 9.53. The van der Waals surface area contributed by atoms with Gasteiger partial charge in [-0.25, -0.2) is 14.4 Å². The molecule has 0 aliphatic heterocycles. The minimum absolute atomic E-state index is 0.150. The molecule has 0 spiro atoms. The maximum Gasteiger partial charge on any atom is 0.179 e. The number of benzene rings is 1. The number of nitrogens with zero attached hydrogens (tertiary/aromatic N) is 2. The predicted octanol–water partition coefficient (Wildman–Crippen LogP) is 3.72. The van der Waals surface area contributed by atoms with E-state index < -0.39 is 5.82 Å². The Hall–Kier alpha value is -2.14. The van der Waals surface area contributed by atoms with E-state index in [0.717, 1.165) is 0 Å². The maximum atomic E-state index is 13.6. The summed E-state index contributed by atoms with van der Waals surface area (Å²) in [4.78, 5) is 7.93. The van der Waals surface area contributed by atoms with Crippen molar-refractivity contribution < 1.29 is 9.13 Å². The summed E-state index contributed by atoms with van der Waals surface area (Å²) in [6.07, 6.45) is 3.14. The van der Waals surface area contributed by atoms with Crippen molar-refractivity contribution in [2.24, 2.45) is 0 Å². The quantitative estimate of drug-likeness (QED) is 0.858. The lowest BCUT2D eigenvalue weighted by Gasteiger charge is -2.06. The molecule has 20 heavy (non-hydrogen) atoms. The van der Waals surface area contributed by atoms with E-state index in [2.05, 4.69) is 16.5 Å². The summed E-state index contributed by atoms with van der Waals surface area (Å²) >= 11 is 5.79. The van der Waals surface area contributed by atoms with Crippen LogP contribution in [-0.2, 0) is 0 Å². The Morgan fingerprint density at radius 3 is 2.65 bits per heavy atom. The number of halogens is 2. The third-order valence-corrected chi connectivity index (χ3v) is 2.41. The van der Waals surface area contributed by atoms with Gasteiger partial charge in [-0.2, -0.15) is 0 Å². The van der Waals surface area contributed by atoms with E-state index in [1.165, 1.54) is 31.5 Å². The van der Waals surface area contributed by atoms with Crippen LogP contribution in [0.25, 0.3) is 11.4 Å². The average Bonchev–Trinajstić information content (AvgIpc) is 2.42. The molecule has 106 valence electrons. The molecular weight excluding hydrogens is 281 g/mol. The van der Waals surface area contributed by atoms with Crippen LogP contribution in [0.1, 0.15) is 6.92 Å². The molecule has 0 radical (unpaired) electrons. The fourth-order valence-electron chi connectivity index (χ4n) is 1.34. The Morgan fingerprint density at radius 1 is 1.45 bits per heavy atom. The standard InChI is InChI=1S/C11H9ClFN3O.C3H6/c1-17-9-5-15-11(16-10(9)14)7-4-6(12)2-3-8(7)13;1-3-2/h2-5H,1H3,(H2,14,15,16);3H,1H2,2H3. The number of nitrogens with two attached hydrogens (primary N) is 1. The van der Waals surface area contributed by atoms with E-state index >= 15 is 0 Å². The van der Waals surface area contributed by atoms with Crippen molar-refractivity contribution in [2.45, 2.75) is 6.92 Å². The van der Waals surface area contributed by atoms with Gasteiger partial charge in [-0.1, -0.05) is 17.7 Å². The first kappa shape index (κ1) is 15.9. The zero-order valence-electron chi connectivity index (χ0n) is 11.2. The minimum atomic E-state index is -0.459. The van der Waals surface area contributed by atoms with Gasteiger partial charge in [-0.05, 0) is 25.1 Å². The Bertz CT molecular complexity index is 605. The number of hydrogen-bond acceptors (Lipinski definition) is 4. The Morgan fingerprint density at radius 2 is 2.10 bits per heavy atom. The van der Waals surface area contributed by atoms with E-state index in [4.69, 9.17) is 22.1 Å². The molecular formula is C14H15ClFN3O. The fourth-order valence-corrected chi connectivity index (χ4v) is 1.51. The SMILES string of the molecule is C=CC.COc1cnc(-c2cc(Cl)ccc2F)nc1N. The van der Waals surface area contributed by atoms with Crippen LogP contribution >= 0.6 is 11.6 Å². The van der Waals surface area contributed by atoms with Crippen molar-refractivity contribution in [3.8, 4) is 17.1 Å². The van der Waals surface area contributed by atoms with Crippen molar-refractivity contribution >= 4 is 17.4 Å². The molecule has 4 nitrogen and oxygen atoms in total. The number of rotatable bonds is 2. The van der Waals surface area contributed by atoms with Crippen molar-refractivity contribution in [1.82, 2.24) is 9.97 Å². The van der Waals surface area contributed by atoms with E-state index in [9.17, 15) is 4.39 Å². The number of methoxy groups -OCH3 is 1. The van der Waals surface area contributed by atoms with Crippen LogP contribution in [0.4, 0.5) is 10.2 Å². The van der Waals surface area contributed by atoms with Gasteiger partial charge in [0, 0.05) is 5.02 Å². The number of anilines is 1. The summed E-state index contributed by atoms with van der Waals surface area (Å²) in [5.74, 6) is 0.204. The molecule has 2 N–H and O–H groups in total. The van der Waals surface area contributed by atoms with Crippen molar-refractivity contribution in [3.05, 3.63) is 47.9 Å². The number of ether oxygens (including phenoxy) is 1. The molecule has 0 unspecified atom stereocenters. The van der Waals surface area contributed by atoms with Gasteiger partial charge in [0.2, 0.25) is 0 Å². The monoisotopic (exact) mass is 295 g/mol. The van der Waals surface area contributed by atoms with Gasteiger partial charge < -0.3 is 10.5 Å². The zero-order chi connectivity index (χ0) is 15.1. The van der Waals surface area contributed by atoms with Crippen LogP contribution in [0.3, 0.4) is 0 Å². The van der Waals surface area contributed by atoms with E-state index in [1.807, 2.05) is 6.92 Å². The molecule has 1 heterocycles. The lowest BCUT2D eigenvalue weighted by Crippen LogP contribution is -2.00. The smallest absolute Gasteiger partial charge is 0.179 e. The van der Waals surface area contributed by atoms with Gasteiger partial charge in [0.15, 0.2) is 17.4 Å². The van der Waals surface area contributed by atoms with Gasteiger partial charge in [-0.3, -0.25) is 0 Å². The molecule has 0 saturated heterocycles. The minimum Gasteiger partial charge on any atom is -0.491 e. The Labute approximate surface area is 122 Å². The second-order valence-electron chi connectivity index (χ2n) is 3.68. The number of nitrogen functional groups attached to an aromatic ring is 1. The lowest BCUT2D eigenvalue weighted by atomic mass is 10.2. The second kappa shape index (κ2) is 7.45. The molecule has 0 amide bonds. The topological polar surface area (TPSA) is 61.0 Å². The number of aromatic nitrogens is 2. The van der Waals surface area contributed by atoms with Crippen molar-refractivity contribution in [2.75, 3.05) is 12.8 Å². The summed E-state index contributed by atoms with van der Waals surface area (Å²) < 4.78 is 18.5. The van der Waals surface area contributed by atoms with Crippen LogP contribution in [-0.4, -0.2) is 17.1 Å². The molecule has 0 aliphatic carbocycles. The fraction of sp³-hybridized carbons (Fsp3) is 0.143. The van der Waals surface area contributed by atoms with Crippen molar-refractivity contribution in [3.63, 3.8) is 0 Å². The molecule has 0 aliphatic rings. The zero-order valence-corrected chi connectivity index (χ0v) is 12.0. The van der Waals surface area contributed by atoms with Gasteiger partial charge in [0.25, 0.3) is 0 Å². The molecule has 0 bridgehead atoms. The highest BCUT2D eigenvalue weighted by molar-refractivity contribution is 6.30. The normalized spacial score (nSPS) is 9.40.